The zero-order valence-corrected chi connectivity index (χ0v) is 21.2. The number of nitrogens with zero attached hydrogens (tertiary/aromatic N) is 5. The number of hydrogen-bond acceptors (Lipinski definition) is 4. The molecule has 0 amide bonds. The molecule has 5 heteroatoms. The zero-order chi connectivity index (χ0) is 27.1. The molecule has 0 aliphatic heterocycles. The van der Waals surface area contributed by atoms with Gasteiger partial charge in [-0.25, -0.2) is 19.8 Å². The molecule has 2 aromatic heterocycles. The molecule has 7 rings (SSSR count). The molecule has 0 saturated carbocycles. The van der Waals surface area contributed by atoms with Crippen molar-refractivity contribution in [1.29, 1.82) is 5.26 Å². The van der Waals surface area contributed by atoms with Crippen LogP contribution in [0.5, 0.6) is 0 Å². The van der Waals surface area contributed by atoms with E-state index in [1.54, 1.807) is 6.07 Å². The SMILES string of the molecule is [C-]#[N+]c1cc2nc(-c3ccccc3)c(-c3ccccc3)nc2c2c1c(-c1cccc(C#N)c1)nc1ccccc12. The van der Waals surface area contributed by atoms with Crippen LogP contribution in [-0.2, 0) is 0 Å². The molecule has 0 aliphatic carbocycles. The van der Waals surface area contributed by atoms with Crippen LogP contribution in [0, 0.1) is 17.9 Å². The first kappa shape index (κ1) is 23.2. The quantitative estimate of drug-likeness (QED) is 0.176. The van der Waals surface area contributed by atoms with E-state index in [0.29, 0.717) is 33.4 Å². The number of nitriles is 1. The summed E-state index contributed by atoms with van der Waals surface area (Å²) in [4.78, 5) is 19.4. The number of pyridine rings is 1. The van der Waals surface area contributed by atoms with Crippen LogP contribution in [-0.4, -0.2) is 15.0 Å². The molecular formula is C35H19N5. The van der Waals surface area contributed by atoms with Gasteiger partial charge < -0.3 is 0 Å². The van der Waals surface area contributed by atoms with Gasteiger partial charge in [-0.2, -0.15) is 5.26 Å². The average molecular weight is 510 g/mol. The van der Waals surface area contributed by atoms with Crippen LogP contribution < -0.4 is 0 Å². The summed E-state index contributed by atoms with van der Waals surface area (Å²) < 4.78 is 0. The zero-order valence-electron chi connectivity index (χ0n) is 21.2. The highest BCUT2D eigenvalue weighted by molar-refractivity contribution is 6.25. The summed E-state index contributed by atoms with van der Waals surface area (Å²) in [6.07, 6.45) is 0. The Balaban J connectivity index is 1.69. The molecule has 0 spiro atoms. The van der Waals surface area contributed by atoms with Crippen molar-refractivity contribution >= 4 is 38.4 Å². The predicted molar refractivity (Wildman–Crippen MR) is 160 cm³/mol. The molecule has 0 radical (unpaired) electrons. The number of aromatic nitrogens is 3. The minimum atomic E-state index is 0.443. The van der Waals surface area contributed by atoms with E-state index in [2.05, 4.69) is 10.9 Å². The first-order valence-electron chi connectivity index (χ1n) is 12.8. The Bertz CT molecular complexity index is 2170. The minimum absolute atomic E-state index is 0.443. The van der Waals surface area contributed by atoms with Gasteiger partial charge >= 0.3 is 0 Å². The van der Waals surface area contributed by atoms with Crippen LogP contribution in [0.1, 0.15) is 5.56 Å². The summed E-state index contributed by atoms with van der Waals surface area (Å²) in [5.41, 5.74) is 7.97. The van der Waals surface area contributed by atoms with E-state index in [4.69, 9.17) is 21.5 Å². The van der Waals surface area contributed by atoms with Crippen LogP contribution in [0.3, 0.4) is 0 Å². The number of hydrogen-bond donors (Lipinski definition) is 0. The smallest absolute Gasteiger partial charge is 0.199 e. The molecule has 0 fully saturated rings. The van der Waals surface area contributed by atoms with Gasteiger partial charge in [-0.05, 0) is 24.3 Å². The van der Waals surface area contributed by atoms with Gasteiger partial charge in [0.15, 0.2) is 5.69 Å². The second-order valence-corrected chi connectivity index (χ2v) is 9.45. The first-order valence-corrected chi connectivity index (χ1v) is 12.8. The fourth-order valence-corrected chi connectivity index (χ4v) is 5.27. The van der Waals surface area contributed by atoms with Crippen LogP contribution >= 0.6 is 0 Å². The van der Waals surface area contributed by atoms with E-state index < -0.39 is 0 Å². The third kappa shape index (κ3) is 3.74. The van der Waals surface area contributed by atoms with E-state index in [0.717, 1.165) is 44.4 Å². The Kier molecular flexibility index (Phi) is 5.48. The fourth-order valence-electron chi connectivity index (χ4n) is 5.27. The lowest BCUT2D eigenvalue weighted by Gasteiger charge is -2.16. The lowest BCUT2D eigenvalue weighted by molar-refractivity contribution is 1.30. The summed E-state index contributed by atoms with van der Waals surface area (Å²) in [6.45, 7) is 8.14. The lowest BCUT2D eigenvalue weighted by atomic mass is 9.96. The monoisotopic (exact) mass is 509 g/mol. The van der Waals surface area contributed by atoms with Crippen molar-refractivity contribution in [1.82, 2.24) is 15.0 Å². The highest BCUT2D eigenvalue weighted by Crippen LogP contribution is 2.43. The van der Waals surface area contributed by atoms with Crippen LogP contribution in [0.25, 0.3) is 71.3 Å². The number of para-hydroxylation sites is 1. The maximum Gasteiger partial charge on any atom is 0.199 e. The highest BCUT2D eigenvalue weighted by atomic mass is 14.8. The van der Waals surface area contributed by atoms with Crippen molar-refractivity contribution in [2.24, 2.45) is 0 Å². The first-order chi connectivity index (χ1) is 19.7. The topological polar surface area (TPSA) is 66.8 Å². The Morgan fingerprint density at radius 1 is 0.575 bits per heavy atom. The molecule has 0 unspecified atom stereocenters. The van der Waals surface area contributed by atoms with E-state index in [1.165, 1.54) is 0 Å². The van der Waals surface area contributed by atoms with Gasteiger partial charge in [-0.15, -0.1) is 0 Å². The third-order valence-corrected chi connectivity index (χ3v) is 7.06. The molecular weight excluding hydrogens is 490 g/mol. The molecule has 0 aliphatic rings. The Hall–Kier alpha value is -5.91. The van der Waals surface area contributed by atoms with Gasteiger partial charge in [-0.3, -0.25) is 0 Å². The molecule has 5 aromatic carbocycles. The largest absolute Gasteiger partial charge is 0.248 e. The molecule has 184 valence electrons. The van der Waals surface area contributed by atoms with Crippen LogP contribution in [0.15, 0.2) is 115 Å². The van der Waals surface area contributed by atoms with Gasteiger partial charge in [0.05, 0.1) is 51.8 Å². The average Bonchev–Trinajstić information content (AvgIpc) is 3.04. The standard InChI is InChI=1S/C35H19N5/c1-37-28-20-29-35(40-34(24-14-6-3-7-15-24)33(39-29)23-12-4-2-5-13-23)30-26-17-8-9-18-27(26)38-32(31(28)30)25-16-10-11-22(19-25)21-36/h2-20H. The molecule has 5 nitrogen and oxygen atoms in total. The van der Waals surface area contributed by atoms with E-state index in [-0.39, 0.29) is 0 Å². The predicted octanol–water partition coefficient (Wildman–Crippen LogP) is 8.75. The summed E-state index contributed by atoms with van der Waals surface area (Å²) in [6, 6.07) is 39.3. The lowest BCUT2D eigenvalue weighted by Crippen LogP contribution is -1.98. The maximum absolute atomic E-state index is 9.56. The van der Waals surface area contributed by atoms with E-state index in [1.807, 2.05) is 109 Å². The van der Waals surface area contributed by atoms with Crippen molar-refractivity contribution < 1.29 is 0 Å². The van der Waals surface area contributed by atoms with Gasteiger partial charge in [0.2, 0.25) is 0 Å². The van der Waals surface area contributed by atoms with Gasteiger partial charge in [0.1, 0.15) is 0 Å². The molecule has 2 heterocycles. The van der Waals surface area contributed by atoms with Crippen molar-refractivity contribution in [3.8, 4) is 39.8 Å². The van der Waals surface area contributed by atoms with Gasteiger partial charge in [0, 0.05) is 32.8 Å². The molecule has 7 aromatic rings. The van der Waals surface area contributed by atoms with Gasteiger partial charge in [-0.1, -0.05) is 91.0 Å². The van der Waals surface area contributed by atoms with E-state index >= 15 is 0 Å². The van der Waals surface area contributed by atoms with Crippen molar-refractivity contribution in [2.75, 3.05) is 0 Å². The van der Waals surface area contributed by atoms with Crippen LogP contribution in [0.4, 0.5) is 5.69 Å². The van der Waals surface area contributed by atoms with Crippen molar-refractivity contribution in [2.45, 2.75) is 0 Å². The second kappa shape index (κ2) is 9.44. The van der Waals surface area contributed by atoms with E-state index in [9.17, 15) is 5.26 Å². The van der Waals surface area contributed by atoms with Gasteiger partial charge in [0.25, 0.3) is 0 Å². The highest BCUT2D eigenvalue weighted by Gasteiger charge is 2.21. The molecule has 0 atom stereocenters. The molecule has 0 N–H and O–H groups in total. The molecule has 0 saturated heterocycles. The van der Waals surface area contributed by atoms with Crippen molar-refractivity contribution in [3.05, 3.63) is 132 Å². The van der Waals surface area contributed by atoms with Crippen LogP contribution in [0.2, 0.25) is 0 Å². The normalized spacial score (nSPS) is 10.9. The summed E-state index contributed by atoms with van der Waals surface area (Å²) >= 11 is 0. The number of benzene rings is 5. The minimum Gasteiger partial charge on any atom is -0.248 e. The number of fused-ring (bicyclic) bond motifs is 5. The Morgan fingerprint density at radius 3 is 1.90 bits per heavy atom. The second-order valence-electron chi connectivity index (χ2n) is 9.45. The fraction of sp³-hybridized carbons (Fsp3) is 0. The summed E-state index contributed by atoms with van der Waals surface area (Å²) in [5.74, 6) is 0. The maximum atomic E-state index is 9.56. The molecule has 40 heavy (non-hydrogen) atoms. The number of rotatable bonds is 3. The Morgan fingerprint density at radius 2 is 1.20 bits per heavy atom. The third-order valence-electron chi connectivity index (χ3n) is 7.06. The summed E-state index contributed by atoms with van der Waals surface area (Å²) in [5, 5.41) is 12.0. The Labute approximate surface area is 230 Å². The molecule has 0 bridgehead atoms. The van der Waals surface area contributed by atoms with Crippen molar-refractivity contribution in [3.63, 3.8) is 0 Å². The summed E-state index contributed by atoms with van der Waals surface area (Å²) in [7, 11) is 0.